The Labute approximate surface area is 251 Å². The number of alkyl halides is 9. The van der Waals surface area contributed by atoms with Crippen molar-refractivity contribution in [2.75, 3.05) is 16.8 Å². The molecule has 1 aliphatic heterocycles. The fourth-order valence-corrected chi connectivity index (χ4v) is 5.15. The monoisotopic (exact) mass is 652 g/mol. The number of ether oxygens (including phenoxy) is 1. The van der Waals surface area contributed by atoms with Crippen molar-refractivity contribution in [3.8, 4) is 0 Å². The van der Waals surface area contributed by atoms with Crippen LogP contribution in [0.2, 0.25) is 0 Å². The van der Waals surface area contributed by atoms with E-state index in [9.17, 15) is 44.3 Å². The van der Waals surface area contributed by atoms with Crippen molar-refractivity contribution in [2.24, 2.45) is 0 Å². The molecular weight excluding hydrogens is 623 g/mol. The fraction of sp³-hybridized carbons (Fsp3) is 0.500. The van der Waals surface area contributed by atoms with Crippen LogP contribution in [0.1, 0.15) is 73.4 Å². The first-order valence-corrected chi connectivity index (χ1v) is 14.0. The molecule has 0 fully saturated rings. The maximum absolute atomic E-state index is 13.6. The molecule has 0 unspecified atom stereocenters. The zero-order valence-corrected chi connectivity index (χ0v) is 24.0. The highest BCUT2D eigenvalue weighted by Gasteiger charge is 2.40. The van der Waals surface area contributed by atoms with Crippen LogP contribution in [0.3, 0.4) is 0 Å². The third-order valence-electron chi connectivity index (χ3n) is 7.28. The topological polar surface area (TPSA) is 85.2 Å². The highest BCUT2D eigenvalue weighted by molar-refractivity contribution is 5.90. The first-order valence-electron chi connectivity index (χ1n) is 14.0. The summed E-state index contributed by atoms with van der Waals surface area (Å²) in [5.74, 6) is -0.0181. The van der Waals surface area contributed by atoms with Crippen LogP contribution in [-0.2, 0) is 36.2 Å². The Morgan fingerprint density at radius 2 is 1.56 bits per heavy atom. The van der Waals surface area contributed by atoms with Crippen LogP contribution in [-0.4, -0.2) is 38.9 Å². The van der Waals surface area contributed by atoms with E-state index >= 15 is 0 Å². The normalized spacial score (nSPS) is 17.3. The van der Waals surface area contributed by atoms with Crippen molar-refractivity contribution in [3.05, 3.63) is 64.2 Å². The summed E-state index contributed by atoms with van der Waals surface area (Å²) in [6.45, 7) is 3.63. The van der Waals surface area contributed by atoms with Gasteiger partial charge in [-0.25, -0.2) is 4.79 Å². The molecule has 2 heterocycles. The molecule has 2 atom stereocenters. The molecule has 3 aromatic rings. The number of carbonyl (C=O) groups excluding carboxylic acids is 1. The zero-order valence-electron chi connectivity index (χ0n) is 24.0. The summed E-state index contributed by atoms with van der Waals surface area (Å²) in [7, 11) is 0. The van der Waals surface area contributed by atoms with E-state index in [1.54, 1.807) is 6.92 Å². The van der Waals surface area contributed by atoms with Gasteiger partial charge in [-0.05, 0) is 91.8 Å². The van der Waals surface area contributed by atoms with E-state index in [2.05, 4.69) is 20.7 Å². The van der Waals surface area contributed by atoms with E-state index < -0.39 is 53.4 Å². The molecule has 0 saturated heterocycles. The summed E-state index contributed by atoms with van der Waals surface area (Å²) in [6.07, 6.45) is -14.1. The predicted octanol–water partition coefficient (Wildman–Crippen LogP) is 8.05. The Hall–Kier alpha value is -4.05. The lowest BCUT2D eigenvalue weighted by atomic mass is 9.89. The molecule has 246 valence electrons. The number of fused-ring (bicyclic) bond motifs is 1. The van der Waals surface area contributed by atoms with Crippen molar-refractivity contribution in [1.29, 1.82) is 0 Å². The van der Waals surface area contributed by atoms with Gasteiger partial charge >= 0.3 is 24.6 Å². The lowest BCUT2D eigenvalue weighted by Crippen LogP contribution is -2.46. The number of rotatable bonds is 9. The second kappa shape index (κ2) is 13.1. The third kappa shape index (κ3) is 8.16. The highest BCUT2D eigenvalue weighted by Crippen LogP contribution is 2.43. The molecule has 0 spiro atoms. The standard InChI is InChI=1S/C28H29F9N6O2/c1-3-20-15-22(21-14-17(26(29,30)31)8-9-23(21)43(20)25(44)45-4-2)38-24-39-41-42(40-24)10-6-5-7-16-11-18(27(32,33)34)13-19(12-16)28(35,36)37/h8-9,11-14,20,22H,3-7,10,15H2,1-2H3,(H,38,40)/t20-,22+/m1/s1. The summed E-state index contributed by atoms with van der Waals surface area (Å²) >= 11 is 0. The van der Waals surface area contributed by atoms with Gasteiger partial charge in [0.1, 0.15) is 0 Å². The van der Waals surface area contributed by atoms with Crippen LogP contribution < -0.4 is 10.2 Å². The van der Waals surface area contributed by atoms with Crippen LogP contribution in [0.15, 0.2) is 36.4 Å². The van der Waals surface area contributed by atoms with Crippen LogP contribution in [0.4, 0.5) is 55.9 Å². The van der Waals surface area contributed by atoms with Crippen LogP contribution in [0.25, 0.3) is 0 Å². The first kappa shape index (κ1) is 33.8. The maximum atomic E-state index is 13.6. The summed E-state index contributed by atoms with van der Waals surface area (Å²) in [6, 6.07) is 3.34. The molecule has 8 nitrogen and oxygen atoms in total. The number of unbranched alkanes of at least 4 members (excludes halogenated alkanes) is 1. The minimum Gasteiger partial charge on any atom is -0.449 e. The number of tetrazole rings is 1. The SMILES string of the molecule is CCOC(=O)N1c2ccc(C(F)(F)F)cc2[C@@H](Nc2nnn(CCCCc3cc(C(F)(F)F)cc(C(F)(F)F)c3)n2)C[C@H]1CC. The number of aromatic nitrogens is 4. The molecule has 1 N–H and O–H groups in total. The number of hydrogen-bond acceptors (Lipinski definition) is 6. The van der Waals surface area contributed by atoms with Gasteiger partial charge in [0.25, 0.3) is 5.95 Å². The first-order chi connectivity index (χ1) is 21.0. The van der Waals surface area contributed by atoms with Crippen LogP contribution in [0, 0.1) is 0 Å². The average Bonchev–Trinajstić information content (AvgIpc) is 3.40. The number of hydrogen-bond donors (Lipinski definition) is 1. The molecule has 2 aromatic carbocycles. The van der Waals surface area contributed by atoms with E-state index in [1.807, 2.05) is 6.92 Å². The van der Waals surface area contributed by atoms with Crippen molar-refractivity contribution < 1.29 is 49.0 Å². The largest absolute Gasteiger partial charge is 0.449 e. The second-order valence-electron chi connectivity index (χ2n) is 10.4. The van der Waals surface area contributed by atoms with Gasteiger partial charge < -0.3 is 10.1 Å². The van der Waals surface area contributed by atoms with E-state index in [1.165, 1.54) is 11.0 Å². The Morgan fingerprint density at radius 1 is 0.911 bits per heavy atom. The molecule has 1 amide bonds. The zero-order chi connectivity index (χ0) is 33.2. The van der Waals surface area contributed by atoms with Crippen molar-refractivity contribution in [3.63, 3.8) is 0 Å². The molecule has 17 heteroatoms. The smallest absolute Gasteiger partial charge is 0.416 e. The average molecular weight is 653 g/mol. The minimum absolute atomic E-state index is 0.0181. The van der Waals surface area contributed by atoms with Gasteiger partial charge in [0.2, 0.25) is 0 Å². The number of nitrogens with zero attached hydrogens (tertiary/aromatic N) is 5. The quantitative estimate of drug-likeness (QED) is 0.186. The Bertz CT molecular complexity index is 1450. The molecule has 0 aliphatic carbocycles. The van der Waals surface area contributed by atoms with E-state index in [4.69, 9.17) is 4.74 Å². The highest BCUT2D eigenvalue weighted by atomic mass is 19.4. The van der Waals surface area contributed by atoms with Gasteiger partial charge in [-0.1, -0.05) is 12.0 Å². The second-order valence-corrected chi connectivity index (χ2v) is 10.4. The number of aryl methyl sites for hydroxylation is 2. The van der Waals surface area contributed by atoms with E-state index in [0.717, 1.165) is 16.9 Å². The summed E-state index contributed by atoms with van der Waals surface area (Å²) < 4.78 is 125. The van der Waals surface area contributed by atoms with E-state index in [-0.39, 0.29) is 67.7 Å². The van der Waals surface area contributed by atoms with Crippen molar-refractivity contribution in [1.82, 2.24) is 20.2 Å². The summed E-state index contributed by atoms with van der Waals surface area (Å²) in [5, 5.41) is 14.9. The van der Waals surface area contributed by atoms with E-state index in [0.29, 0.717) is 18.6 Å². The number of anilines is 2. The Kier molecular flexibility index (Phi) is 9.87. The molecule has 1 aromatic heterocycles. The Morgan fingerprint density at radius 3 is 2.13 bits per heavy atom. The molecule has 0 saturated carbocycles. The molecule has 4 rings (SSSR count). The van der Waals surface area contributed by atoms with Gasteiger partial charge in [-0.15, -0.1) is 5.10 Å². The number of nitrogens with one attached hydrogen (secondary N) is 1. The minimum atomic E-state index is -4.94. The number of amides is 1. The Balaban J connectivity index is 1.46. The van der Waals surface area contributed by atoms with Gasteiger partial charge in [-0.3, -0.25) is 4.90 Å². The summed E-state index contributed by atoms with van der Waals surface area (Å²) in [4.78, 5) is 15.2. The number of carbonyl (C=O) groups is 1. The number of halogens is 9. The lowest BCUT2D eigenvalue weighted by Gasteiger charge is -2.40. The fourth-order valence-electron chi connectivity index (χ4n) is 5.15. The summed E-state index contributed by atoms with van der Waals surface area (Å²) in [5.41, 5.74) is -3.38. The van der Waals surface area contributed by atoms with Gasteiger partial charge in [-0.2, -0.15) is 44.3 Å². The predicted molar refractivity (Wildman–Crippen MR) is 143 cm³/mol. The number of benzene rings is 2. The van der Waals surface area contributed by atoms with Crippen LogP contribution in [0.5, 0.6) is 0 Å². The van der Waals surface area contributed by atoms with Gasteiger partial charge in [0.05, 0.1) is 41.6 Å². The lowest BCUT2D eigenvalue weighted by molar-refractivity contribution is -0.143. The molecule has 45 heavy (non-hydrogen) atoms. The van der Waals surface area contributed by atoms with Crippen LogP contribution >= 0.6 is 0 Å². The van der Waals surface area contributed by atoms with Crippen molar-refractivity contribution in [2.45, 2.75) is 83.1 Å². The molecule has 0 radical (unpaired) electrons. The molecule has 1 aliphatic rings. The molecule has 0 bridgehead atoms. The van der Waals surface area contributed by atoms with Crippen molar-refractivity contribution >= 4 is 17.7 Å². The molecular formula is C28H29F9N6O2. The van der Waals surface area contributed by atoms with Gasteiger partial charge in [0.15, 0.2) is 0 Å². The third-order valence-corrected chi connectivity index (χ3v) is 7.28. The maximum Gasteiger partial charge on any atom is 0.416 e. The van der Waals surface area contributed by atoms with Gasteiger partial charge in [0, 0.05) is 6.04 Å².